The minimum Gasteiger partial charge on any atom is -0.289 e. The second-order valence-corrected chi connectivity index (χ2v) is 3.69. The van der Waals surface area contributed by atoms with Gasteiger partial charge in [0.15, 0.2) is 5.78 Å². The number of allylic oxidation sites excluding steroid dienone is 4. The smallest absolute Gasteiger partial charge is 0.193 e. The Kier molecular flexibility index (Phi) is 2.46. The van der Waals surface area contributed by atoms with Crippen molar-refractivity contribution in [3.8, 4) is 6.07 Å². The Balaban J connectivity index is 2.82. The molecule has 1 aliphatic carbocycles. The van der Waals surface area contributed by atoms with Crippen LogP contribution >= 0.6 is 0 Å². The quantitative estimate of drug-likeness (QED) is 0.486. The van der Waals surface area contributed by atoms with Gasteiger partial charge < -0.3 is 0 Å². The van der Waals surface area contributed by atoms with Crippen molar-refractivity contribution in [2.45, 2.75) is 13.8 Å². The first kappa shape index (κ1) is 10.4. The second kappa shape index (κ2) is 3.79. The van der Waals surface area contributed by atoms with Gasteiger partial charge in [-0.1, -0.05) is 30.3 Å². The van der Waals surface area contributed by atoms with Crippen molar-refractivity contribution in [2.24, 2.45) is 0 Å². The van der Waals surface area contributed by atoms with E-state index in [9.17, 15) is 4.79 Å². The zero-order chi connectivity index (χ0) is 11.7. The highest BCUT2D eigenvalue weighted by atomic mass is 16.1. The molecule has 1 aromatic rings. The van der Waals surface area contributed by atoms with Gasteiger partial charge >= 0.3 is 0 Å². The summed E-state index contributed by atoms with van der Waals surface area (Å²) >= 11 is 0. The predicted molar refractivity (Wildman–Crippen MR) is 62.7 cm³/mol. The monoisotopic (exact) mass is 209 g/mol. The summed E-state index contributed by atoms with van der Waals surface area (Å²) < 4.78 is 0. The fourth-order valence-corrected chi connectivity index (χ4v) is 2.04. The van der Waals surface area contributed by atoms with Crippen LogP contribution in [-0.2, 0) is 0 Å². The van der Waals surface area contributed by atoms with Gasteiger partial charge in [-0.3, -0.25) is 4.79 Å². The molecule has 0 bridgehead atoms. The summed E-state index contributed by atoms with van der Waals surface area (Å²) in [7, 11) is 0. The van der Waals surface area contributed by atoms with Crippen LogP contribution in [0, 0.1) is 11.3 Å². The van der Waals surface area contributed by atoms with Crippen LogP contribution in [0.3, 0.4) is 0 Å². The molecule has 2 heteroatoms. The van der Waals surface area contributed by atoms with Gasteiger partial charge in [-0.15, -0.1) is 0 Å². The Morgan fingerprint density at radius 1 is 1.31 bits per heavy atom. The third-order valence-corrected chi connectivity index (χ3v) is 2.79. The van der Waals surface area contributed by atoms with Crippen LogP contribution in [-0.4, -0.2) is 5.78 Å². The largest absolute Gasteiger partial charge is 0.289 e. The van der Waals surface area contributed by atoms with E-state index in [-0.39, 0.29) is 5.78 Å². The van der Waals surface area contributed by atoms with Crippen LogP contribution in [0.1, 0.15) is 29.8 Å². The molecular weight excluding hydrogens is 198 g/mol. The maximum Gasteiger partial charge on any atom is 0.193 e. The van der Waals surface area contributed by atoms with E-state index in [4.69, 9.17) is 5.26 Å². The van der Waals surface area contributed by atoms with E-state index in [2.05, 4.69) is 6.07 Å². The molecule has 0 unspecified atom stereocenters. The highest BCUT2D eigenvalue weighted by molar-refractivity contribution is 6.27. The topological polar surface area (TPSA) is 40.9 Å². The minimum atomic E-state index is 0.0164. The molecule has 78 valence electrons. The maximum atomic E-state index is 12.0. The summed E-state index contributed by atoms with van der Waals surface area (Å²) in [5.41, 5.74) is 3.58. The van der Waals surface area contributed by atoms with Crippen molar-refractivity contribution in [3.63, 3.8) is 0 Å². The SMILES string of the molecule is C/C=C1\C(=O)c2ccccc2\C1=C(\C)C#N. The molecule has 0 saturated carbocycles. The molecule has 0 amide bonds. The summed E-state index contributed by atoms with van der Waals surface area (Å²) in [6.07, 6.45) is 1.78. The van der Waals surface area contributed by atoms with Gasteiger partial charge in [0, 0.05) is 22.3 Å². The van der Waals surface area contributed by atoms with E-state index < -0.39 is 0 Å². The second-order valence-electron chi connectivity index (χ2n) is 3.69. The first-order valence-corrected chi connectivity index (χ1v) is 5.12. The summed E-state index contributed by atoms with van der Waals surface area (Å²) in [4.78, 5) is 12.0. The fourth-order valence-electron chi connectivity index (χ4n) is 2.04. The molecule has 0 aromatic heterocycles. The molecule has 0 heterocycles. The van der Waals surface area contributed by atoms with Gasteiger partial charge in [0.2, 0.25) is 0 Å². The van der Waals surface area contributed by atoms with Crippen LogP contribution < -0.4 is 0 Å². The van der Waals surface area contributed by atoms with Gasteiger partial charge in [0.1, 0.15) is 0 Å². The highest BCUT2D eigenvalue weighted by Gasteiger charge is 2.29. The fraction of sp³-hybridized carbons (Fsp3) is 0.143. The summed E-state index contributed by atoms with van der Waals surface area (Å²) in [5.74, 6) is 0.0164. The van der Waals surface area contributed by atoms with Crippen LogP contribution in [0.25, 0.3) is 5.57 Å². The normalized spacial score (nSPS) is 19.6. The molecule has 0 saturated heterocycles. The molecule has 0 atom stereocenters. The van der Waals surface area contributed by atoms with E-state index in [1.54, 1.807) is 19.1 Å². The number of carbonyl (C=O) groups is 1. The average molecular weight is 209 g/mol. The lowest BCUT2D eigenvalue weighted by Crippen LogP contribution is -1.94. The molecule has 0 radical (unpaired) electrons. The van der Waals surface area contributed by atoms with Gasteiger partial charge in [-0.25, -0.2) is 0 Å². The summed E-state index contributed by atoms with van der Waals surface area (Å²) in [6.45, 7) is 3.57. The number of benzene rings is 1. The van der Waals surface area contributed by atoms with Gasteiger partial charge in [0.25, 0.3) is 0 Å². The van der Waals surface area contributed by atoms with Gasteiger partial charge in [-0.05, 0) is 19.4 Å². The average Bonchev–Trinajstić information content (AvgIpc) is 2.62. The van der Waals surface area contributed by atoms with Gasteiger partial charge in [0.05, 0.1) is 6.07 Å². The lowest BCUT2D eigenvalue weighted by molar-refractivity contribution is 0.104. The van der Waals surface area contributed by atoms with Crippen LogP contribution in [0.5, 0.6) is 0 Å². The standard InChI is InChI=1S/C14H11NO/c1-3-10-13(9(2)8-15)11-6-4-5-7-12(11)14(10)16/h3-7H,1-2H3/b10-3-,13-9-. The summed E-state index contributed by atoms with van der Waals surface area (Å²) in [5, 5.41) is 8.97. The lowest BCUT2D eigenvalue weighted by atomic mass is 10.0. The number of Topliss-reactive ketones (excluding diaryl/α,β-unsaturated/α-hetero) is 1. The van der Waals surface area contributed by atoms with Crippen LogP contribution in [0.2, 0.25) is 0 Å². The molecular formula is C14H11NO. The third-order valence-electron chi connectivity index (χ3n) is 2.79. The molecule has 2 nitrogen and oxygen atoms in total. The number of hydrogen-bond donors (Lipinski definition) is 0. The molecule has 0 N–H and O–H groups in total. The van der Waals surface area contributed by atoms with E-state index in [0.29, 0.717) is 16.7 Å². The Morgan fingerprint density at radius 2 is 1.94 bits per heavy atom. The molecule has 1 aromatic carbocycles. The number of carbonyl (C=O) groups excluding carboxylic acids is 1. The number of fused-ring (bicyclic) bond motifs is 1. The predicted octanol–water partition coefficient (Wildman–Crippen LogP) is 3.13. The molecule has 0 fully saturated rings. The van der Waals surface area contributed by atoms with Crippen molar-refractivity contribution in [2.75, 3.05) is 0 Å². The number of nitrogens with zero attached hydrogens (tertiary/aromatic N) is 1. The van der Waals surface area contributed by atoms with Crippen molar-refractivity contribution < 1.29 is 4.79 Å². The van der Waals surface area contributed by atoms with Crippen LogP contribution in [0.15, 0.2) is 41.5 Å². The van der Waals surface area contributed by atoms with Crippen molar-refractivity contribution in [1.29, 1.82) is 5.26 Å². The number of hydrogen-bond acceptors (Lipinski definition) is 2. The molecule has 1 aliphatic rings. The Morgan fingerprint density at radius 3 is 2.50 bits per heavy atom. The van der Waals surface area contributed by atoms with E-state index in [1.165, 1.54) is 0 Å². The van der Waals surface area contributed by atoms with E-state index in [0.717, 1.165) is 11.1 Å². The molecule has 0 spiro atoms. The van der Waals surface area contributed by atoms with Crippen molar-refractivity contribution >= 4 is 11.4 Å². The first-order chi connectivity index (χ1) is 7.70. The zero-order valence-corrected chi connectivity index (χ0v) is 9.24. The minimum absolute atomic E-state index is 0.0164. The number of rotatable bonds is 0. The molecule has 0 aliphatic heterocycles. The van der Waals surface area contributed by atoms with Crippen LogP contribution in [0.4, 0.5) is 0 Å². The highest BCUT2D eigenvalue weighted by Crippen LogP contribution is 2.38. The van der Waals surface area contributed by atoms with Crippen molar-refractivity contribution in [1.82, 2.24) is 0 Å². The number of ketones is 1. The molecule has 16 heavy (non-hydrogen) atoms. The Hall–Kier alpha value is -2.14. The number of nitriles is 1. The third kappa shape index (κ3) is 1.30. The van der Waals surface area contributed by atoms with E-state index in [1.807, 2.05) is 25.1 Å². The maximum absolute atomic E-state index is 12.0. The Labute approximate surface area is 94.5 Å². The van der Waals surface area contributed by atoms with Crippen molar-refractivity contribution in [3.05, 3.63) is 52.6 Å². The molecule has 2 rings (SSSR count). The zero-order valence-electron chi connectivity index (χ0n) is 9.24. The van der Waals surface area contributed by atoms with E-state index >= 15 is 0 Å². The summed E-state index contributed by atoms with van der Waals surface area (Å²) in [6, 6.07) is 9.54. The first-order valence-electron chi connectivity index (χ1n) is 5.12. The van der Waals surface area contributed by atoms with Gasteiger partial charge in [-0.2, -0.15) is 5.26 Å². The Bertz CT molecular complexity index is 571. The lowest BCUT2D eigenvalue weighted by Gasteiger charge is -2.01.